The predicted octanol–water partition coefficient (Wildman–Crippen LogP) is 4.24. The maximum Gasteiger partial charge on any atom is 0.234 e. The van der Waals surface area contributed by atoms with E-state index < -0.39 is 0 Å². The number of methoxy groups -OCH3 is 3. The number of nitrogens with one attached hydrogen (secondary N) is 1. The van der Waals surface area contributed by atoms with E-state index in [4.69, 9.17) is 25.8 Å². The molecule has 0 spiro atoms. The Hall–Kier alpha value is -2.05. The van der Waals surface area contributed by atoms with E-state index in [1.54, 1.807) is 12.1 Å². The molecule has 0 saturated carbocycles. The van der Waals surface area contributed by atoms with Crippen molar-refractivity contribution in [3.05, 3.63) is 47.0 Å². The van der Waals surface area contributed by atoms with Crippen LogP contribution < -0.4 is 19.5 Å². The third-order valence-corrected chi connectivity index (χ3v) is 4.62. The molecule has 0 atom stereocenters. The number of anilines is 1. The van der Waals surface area contributed by atoms with Crippen LogP contribution in [0.5, 0.6) is 17.2 Å². The van der Waals surface area contributed by atoms with Crippen molar-refractivity contribution in [2.24, 2.45) is 0 Å². The van der Waals surface area contributed by atoms with Crippen molar-refractivity contribution in [1.82, 2.24) is 0 Å². The zero-order valence-corrected chi connectivity index (χ0v) is 15.9. The summed E-state index contributed by atoms with van der Waals surface area (Å²) >= 11 is 7.38. The molecule has 0 aromatic heterocycles. The molecule has 0 aliphatic rings. The highest BCUT2D eigenvalue weighted by atomic mass is 35.5. The zero-order valence-electron chi connectivity index (χ0n) is 14.3. The number of thioether (sulfide) groups is 1. The van der Waals surface area contributed by atoms with Crippen molar-refractivity contribution in [1.29, 1.82) is 0 Å². The molecule has 0 bridgehead atoms. The summed E-state index contributed by atoms with van der Waals surface area (Å²) in [6, 6.07) is 11.0. The molecule has 0 radical (unpaired) electrons. The minimum absolute atomic E-state index is 0.103. The lowest BCUT2D eigenvalue weighted by Gasteiger charge is -2.14. The van der Waals surface area contributed by atoms with Gasteiger partial charge in [-0.05, 0) is 17.7 Å². The first-order valence-electron chi connectivity index (χ1n) is 7.49. The largest absolute Gasteiger partial charge is 0.493 e. The van der Waals surface area contributed by atoms with Gasteiger partial charge >= 0.3 is 0 Å². The fourth-order valence-corrected chi connectivity index (χ4v) is 3.11. The first-order valence-corrected chi connectivity index (χ1v) is 9.02. The quantitative estimate of drug-likeness (QED) is 0.741. The highest BCUT2D eigenvalue weighted by Gasteiger charge is 2.14. The molecule has 2 aromatic carbocycles. The Kier molecular flexibility index (Phi) is 7.28. The summed E-state index contributed by atoms with van der Waals surface area (Å²) in [5.74, 6) is 2.43. The first kappa shape index (κ1) is 19.3. The van der Waals surface area contributed by atoms with Crippen molar-refractivity contribution < 1.29 is 19.0 Å². The summed E-state index contributed by atoms with van der Waals surface area (Å²) in [6.07, 6.45) is 0. The molecule has 1 N–H and O–H groups in total. The molecule has 0 aliphatic heterocycles. The monoisotopic (exact) mass is 381 g/mol. The van der Waals surface area contributed by atoms with Gasteiger partial charge in [0, 0.05) is 28.6 Å². The van der Waals surface area contributed by atoms with Crippen LogP contribution in [0.1, 0.15) is 5.56 Å². The lowest BCUT2D eigenvalue weighted by atomic mass is 10.2. The second-order valence-electron chi connectivity index (χ2n) is 5.08. The van der Waals surface area contributed by atoms with Crippen LogP contribution in [0.25, 0.3) is 0 Å². The van der Waals surface area contributed by atoms with Crippen molar-refractivity contribution in [2.45, 2.75) is 5.75 Å². The van der Waals surface area contributed by atoms with E-state index in [9.17, 15) is 4.79 Å². The standard InChI is InChI=1S/C18H20ClNO4S/c1-22-15-8-14(9-16(23-2)18(15)24-3)20-17(21)11-25-10-12-4-6-13(19)7-5-12/h4-9H,10-11H2,1-3H3,(H,20,21). The Morgan fingerprint density at radius 2 is 1.64 bits per heavy atom. The van der Waals surface area contributed by atoms with Gasteiger partial charge in [0.1, 0.15) is 0 Å². The van der Waals surface area contributed by atoms with Gasteiger partial charge in [-0.2, -0.15) is 0 Å². The van der Waals surface area contributed by atoms with Crippen LogP contribution in [0.4, 0.5) is 5.69 Å². The van der Waals surface area contributed by atoms with Gasteiger partial charge < -0.3 is 19.5 Å². The summed E-state index contributed by atoms with van der Waals surface area (Å²) in [7, 11) is 4.60. The molecule has 1 amide bonds. The highest BCUT2D eigenvalue weighted by molar-refractivity contribution is 7.99. The number of benzene rings is 2. The van der Waals surface area contributed by atoms with E-state index in [-0.39, 0.29) is 5.91 Å². The zero-order chi connectivity index (χ0) is 18.2. The average Bonchev–Trinajstić information content (AvgIpc) is 2.62. The topological polar surface area (TPSA) is 56.8 Å². The van der Waals surface area contributed by atoms with E-state index in [1.165, 1.54) is 33.1 Å². The maximum absolute atomic E-state index is 12.1. The Morgan fingerprint density at radius 3 is 2.16 bits per heavy atom. The Bertz CT molecular complexity index is 697. The number of halogens is 1. The molecule has 0 unspecified atom stereocenters. The van der Waals surface area contributed by atoms with Gasteiger partial charge in [0.15, 0.2) is 11.5 Å². The van der Waals surface area contributed by atoms with Crippen molar-refractivity contribution >= 4 is 35.0 Å². The lowest BCUT2D eigenvalue weighted by Crippen LogP contribution is -2.14. The smallest absolute Gasteiger partial charge is 0.234 e. The number of carbonyl (C=O) groups excluding carboxylic acids is 1. The number of amides is 1. The van der Waals surface area contributed by atoms with Gasteiger partial charge in [0.25, 0.3) is 0 Å². The minimum atomic E-state index is -0.103. The average molecular weight is 382 g/mol. The second kappa shape index (κ2) is 9.44. The van der Waals surface area contributed by atoms with Crippen LogP contribution in [-0.2, 0) is 10.5 Å². The van der Waals surface area contributed by atoms with Crippen molar-refractivity contribution in [3.63, 3.8) is 0 Å². The summed E-state index contributed by atoms with van der Waals surface area (Å²) in [5.41, 5.74) is 1.71. The third kappa shape index (κ3) is 5.47. The van der Waals surface area contributed by atoms with Gasteiger partial charge in [-0.1, -0.05) is 23.7 Å². The first-order chi connectivity index (χ1) is 12.1. The fourth-order valence-electron chi connectivity index (χ4n) is 2.19. The van der Waals surface area contributed by atoms with E-state index in [0.717, 1.165) is 11.3 Å². The lowest BCUT2D eigenvalue weighted by molar-refractivity contribution is -0.113. The third-order valence-electron chi connectivity index (χ3n) is 3.36. The minimum Gasteiger partial charge on any atom is -0.493 e. The van der Waals surface area contributed by atoms with Crippen LogP contribution in [0.15, 0.2) is 36.4 Å². The molecular weight excluding hydrogens is 362 g/mol. The van der Waals surface area contributed by atoms with Crippen molar-refractivity contribution in [2.75, 3.05) is 32.4 Å². The normalized spacial score (nSPS) is 10.2. The number of hydrogen-bond acceptors (Lipinski definition) is 5. The van der Waals surface area contributed by atoms with Crippen LogP contribution in [0, 0.1) is 0 Å². The molecule has 0 aliphatic carbocycles. The Morgan fingerprint density at radius 1 is 1.04 bits per heavy atom. The molecule has 25 heavy (non-hydrogen) atoms. The summed E-state index contributed by atoms with van der Waals surface area (Å²) < 4.78 is 15.8. The molecule has 134 valence electrons. The number of hydrogen-bond donors (Lipinski definition) is 1. The van der Waals surface area contributed by atoms with Gasteiger partial charge in [0.05, 0.1) is 27.1 Å². The summed E-state index contributed by atoms with van der Waals surface area (Å²) in [4.78, 5) is 12.1. The van der Waals surface area contributed by atoms with E-state index >= 15 is 0 Å². The van der Waals surface area contributed by atoms with Crippen molar-refractivity contribution in [3.8, 4) is 17.2 Å². The van der Waals surface area contributed by atoms with E-state index in [2.05, 4.69) is 5.32 Å². The molecule has 0 saturated heterocycles. The highest BCUT2D eigenvalue weighted by Crippen LogP contribution is 2.39. The van der Waals surface area contributed by atoms with Crippen LogP contribution in [0.3, 0.4) is 0 Å². The second-order valence-corrected chi connectivity index (χ2v) is 6.50. The maximum atomic E-state index is 12.1. The van der Waals surface area contributed by atoms with Crippen LogP contribution in [0.2, 0.25) is 5.02 Å². The molecular formula is C18H20ClNO4S. The number of carbonyl (C=O) groups is 1. The van der Waals surface area contributed by atoms with E-state index in [0.29, 0.717) is 33.7 Å². The summed E-state index contributed by atoms with van der Waals surface area (Å²) in [6.45, 7) is 0. The molecule has 7 heteroatoms. The molecule has 0 heterocycles. The van der Waals surface area contributed by atoms with Gasteiger partial charge in [-0.25, -0.2) is 0 Å². The molecule has 2 rings (SSSR count). The van der Waals surface area contributed by atoms with Gasteiger partial charge in [-0.3, -0.25) is 4.79 Å². The molecule has 5 nitrogen and oxygen atoms in total. The Labute approximate surface area is 156 Å². The van der Waals surface area contributed by atoms with Crippen LogP contribution in [-0.4, -0.2) is 33.0 Å². The predicted molar refractivity (Wildman–Crippen MR) is 102 cm³/mol. The van der Waals surface area contributed by atoms with Crippen LogP contribution >= 0.6 is 23.4 Å². The summed E-state index contributed by atoms with van der Waals surface area (Å²) in [5, 5.41) is 3.54. The fraction of sp³-hybridized carbons (Fsp3) is 0.278. The number of ether oxygens (including phenoxy) is 3. The van der Waals surface area contributed by atoms with Gasteiger partial charge in [0.2, 0.25) is 11.7 Å². The Balaban J connectivity index is 1.94. The molecule has 2 aromatic rings. The van der Waals surface area contributed by atoms with Gasteiger partial charge in [-0.15, -0.1) is 11.8 Å². The SMILES string of the molecule is COc1cc(NC(=O)CSCc2ccc(Cl)cc2)cc(OC)c1OC. The molecule has 0 fully saturated rings. The number of rotatable bonds is 8. The van der Waals surface area contributed by atoms with E-state index in [1.807, 2.05) is 24.3 Å².